The molecule has 1 amide bonds. The second kappa shape index (κ2) is 6.83. The molecule has 1 saturated heterocycles. The molecule has 0 unspecified atom stereocenters. The highest BCUT2D eigenvalue weighted by molar-refractivity contribution is 6.33. The third-order valence-electron chi connectivity index (χ3n) is 3.73. The van der Waals surface area contributed by atoms with Gasteiger partial charge in [-0.3, -0.25) is 4.79 Å². The molecule has 1 N–H and O–H groups in total. The maximum atomic E-state index is 10.8. The number of amides is 1. The minimum Gasteiger partial charge on any atom is -0.342 e. The topological polar surface area (TPSA) is 61.4 Å². The van der Waals surface area contributed by atoms with Crippen LogP contribution in [0.1, 0.15) is 5.69 Å². The normalized spacial score (nSPS) is 14.7. The molecule has 3 rings (SSSR count). The Hall–Kier alpha value is -2.34. The van der Waals surface area contributed by atoms with Crippen molar-refractivity contribution in [2.24, 2.45) is 0 Å². The second-order valence-corrected chi connectivity index (χ2v) is 5.84. The van der Waals surface area contributed by atoms with Gasteiger partial charge in [0.2, 0.25) is 12.4 Å². The van der Waals surface area contributed by atoms with E-state index in [1.165, 1.54) is 0 Å². The highest BCUT2D eigenvalue weighted by Gasteiger charge is 2.18. The summed E-state index contributed by atoms with van der Waals surface area (Å²) in [6.07, 6.45) is 0.888. The molecule has 0 aliphatic carbocycles. The fourth-order valence-corrected chi connectivity index (χ4v) is 2.67. The number of piperazine rings is 1. The van der Waals surface area contributed by atoms with Crippen molar-refractivity contribution < 1.29 is 4.79 Å². The van der Waals surface area contributed by atoms with Crippen molar-refractivity contribution in [3.05, 3.63) is 41.0 Å². The molecule has 0 radical (unpaired) electrons. The Morgan fingerprint density at radius 2 is 1.91 bits per heavy atom. The number of hydrogen-bond donors (Lipinski definition) is 1. The number of nitrogens with zero attached hydrogens (tertiary/aromatic N) is 4. The fraction of sp³-hybridized carbons (Fsp3) is 0.312. The van der Waals surface area contributed by atoms with Crippen LogP contribution in [-0.4, -0.2) is 47.5 Å². The predicted molar refractivity (Wildman–Crippen MR) is 91.4 cm³/mol. The van der Waals surface area contributed by atoms with E-state index in [4.69, 9.17) is 11.6 Å². The number of hydrogen-bond acceptors (Lipinski definition) is 5. The van der Waals surface area contributed by atoms with E-state index in [9.17, 15) is 4.79 Å². The Morgan fingerprint density at radius 1 is 1.17 bits per heavy atom. The zero-order valence-corrected chi connectivity index (χ0v) is 13.6. The van der Waals surface area contributed by atoms with Crippen LogP contribution in [0.4, 0.5) is 17.5 Å². The molecule has 2 aromatic rings. The molecule has 1 aliphatic heterocycles. The Balaban J connectivity index is 1.80. The number of carbonyl (C=O) groups is 1. The van der Waals surface area contributed by atoms with Gasteiger partial charge in [0.25, 0.3) is 0 Å². The Bertz CT molecular complexity index is 701. The van der Waals surface area contributed by atoms with Crippen LogP contribution in [0.15, 0.2) is 30.3 Å². The summed E-state index contributed by atoms with van der Waals surface area (Å²) in [5.74, 6) is 1.38. The van der Waals surface area contributed by atoms with E-state index in [1.54, 1.807) is 4.90 Å². The number of benzene rings is 1. The van der Waals surface area contributed by atoms with E-state index >= 15 is 0 Å². The molecule has 0 atom stereocenters. The van der Waals surface area contributed by atoms with Crippen LogP contribution in [0, 0.1) is 6.92 Å². The average Bonchev–Trinajstić information content (AvgIpc) is 2.56. The first-order valence-corrected chi connectivity index (χ1v) is 7.85. The van der Waals surface area contributed by atoms with Gasteiger partial charge in [-0.2, -0.15) is 4.98 Å². The van der Waals surface area contributed by atoms with Gasteiger partial charge in [-0.1, -0.05) is 23.7 Å². The maximum absolute atomic E-state index is 10.8. The highest BCUT2D eigenvalue weighted by atomic mass is 35.5. The molecule has 1 aromatic heterocycles. The van der Waals surface area contributed by atoms with Crippen LogP contribution in [0.25, 0.3) is 0 Å². The zero-order chi connectivity index (χ0) is 16.2. The summed E-state index contributed by atoms with van der Waals surface area (Å²) in [6, 6.07) is 9.42. The van der Waals surface area contributed by atoms with Crippen molar-refractivity contribution in [1.29, 1.82) is 0 Å². The molecule has 120 valence electrons. The van der Waals surface area contributed by atoms with Gasteiger partial charge in [0.1, 0.15) is 5.82 Å². The molecule has 1 aliphatic rings. The molecule has 7 heteroatoms. The first kappa shape index (κ1) is 15.6. The Kier molecular flexibility index (Phi) is 4.62. The summed E-state index contributed by atoms with van der Waals surface area (Å²) in [6.45, 7) is 4.77. The van der Waals surface area contributed by atoms with Gasteiger partial charge in [-0.25, -0.2) is 4.98 Å². The number of aromatic nitrogens is 2. The number of anilines is 3. The molecule has 2 heterocycles. The van der Waals surface area contributed by atoms with Crippen LogP contribution in [0.3, 0.4) is 0 Å². The van der Waals surface area contributed by atoms with Gasteiger partial charge < -0.3 is 15.1 Å². The van der Waals surface area contributed by atoms with E-state index in [-0.39, 0.29) is 0 Å². The van der Waals surface area contributed by atoms with Gasteiger partial charge in [-0.05, 0) is 19.1 Å². The number of para-hydroxylation sites is 1. The van der Waals surface area contributed by atoms with E-state index in [2.05, 4.69) is 20.2 Å². The largest absolute Gasteiger partial charge is 0.342 e. The van der Waals surface area contributed by atoms with Gasteiger partial charge in [-0.15, -0.1) is 0 Å². The van der Waals surface area contributed by atoms with Crippen molar-refractivity contribution in [2.45, 2.75) is 6.92 Å². The van der Waals surface area contributed by atoms with E-state index in [1.807, 2.05) is 37.3 Å². The van der Waals surface area contributed by atoms with Gasteiger partial charge >= 0.3 is 0 Å². The molecule has 0 saturated carbocycles. The summed E-state index contributed by atoms with van der Waals surface area (Å²) >= 11 is 6.18. The van der Waals surface area contributed by atoms with Crippen LogP contribution in [0.2, 0.25) is 5.02 Å². The van der Waals surface area contributed by atoms with Gasteiger partial charge in [0.05, 0.1) is 10.7 Å². The summed E-state index contributed by atoms with van der Waals surface area (Å²) in [4.78, 5) is 23.7. The zero-order valence-electron chi connectivity index (χ0n) is 12.9. The first-order valence-electron chi connectivity index (χ1n) is 7.47. The SMILES string of the molecule is Cc1cc(Nc2ccccc2Cl)nc(N2CCN(C=O)CC2)n1. The standard InChI is InChI=1S/C16H18ClN5O/c1-12-10-15(19-14-5-3-2-4-13(14)17)20-16(18-12)22-8-6-21(11-23)7-9-22/h2-5,10-11H,6-9H2,1H3,(H,18,19,20). The fourth-order valence-electron chi connectivity index (χ4n) is 2.49. The monoisotopic (exact) mass is 331 g/mol. The molecular weight excluding hydrogens is 314 g/mol. The van der Waals surface area contributed by atoms with Crippen molar-refractivity contribution in [1.82, 2.24) is 14.9 Å². The van der Waals surface area contributed by atoms with Crippen molar-refractivity contribution >= 4 is 35.5 Å². The molecule has 23 heavy (non-hydrogen) atoms. The van der Waals surface area contributed by atoms with Crippen molar-refractivity contribution in [3.8, 4) is 0 Å². The van der Waals surface area contributed by atoms with Crippen LogP contribution in [0.5, 0.6) is 0 Å². The summed E-state index contributed by atoms with van der Waals surface area (Å²) in [7, 11) is 0. The van der Waals surface area contributed by atoms with Crippen LogP contribution < -0.4 is 10.2 Å². The molecule has 0 bridgehead atoms. The third-order valence-corrected chi connectivity index (χ3v) is 4.05. The third kappa shape index (κ3) is 3.71. The minimum absolute atomic E-state index is 0.643. The van der Waals surface area contributed by atoms with Crippen molar-refractivity contribution in [3.63, 3.8) is 0 Å². The Morgan fingerprint density at radius 3 is 2.61 bits per heavy atom. The number of halogens is 1. The molecule has 1 fully saturated rings. The molecular formula is C16H18ClN5O. The van der Waals surface area contributed by atoms with Crippen LogP contribution >= 0.6 is 11.6 Å². The molecule has 1 aromatic carbocycles. The maximum Gasteiger partial charge on any atom is 0.227 e. The lowest BCUT2D eigenvalue weighted by molar-refractivity contribution is -0.118. The van der Waals surface area contributed by atoms with Gasteiger partial charge in [0, 0.05) is 37.9 Å². The number of aryl methyl sites for hydroxylation is 1. The minimum atomic E-state index is 0.643. The number of rotatable bonds is 4. The van der Waals surface area contributed by atoms with E-state index in [0.29, 0.717) is 29.9 Å². The average molecular weight is 332 g/mol. The quantitative estimate of drug-likeness (QED) is 0.872. The summed E-state index contributed by atoms with van der Waals surface area (Å²) in [5.41, 5.74) is 1.69. The molecule has 0 spiro atoms. The highest BCUT2D eigenvalue weighted by Crippen LogP contribution is 2.25. The first-order chi connectivity index (χ1) is 11.2. The number of nitrogens with one attached hydrogen (secondary N) is 1. The lowest BCUT2D eigenvalue weighted by Gasteiger charge is -2.32. The van der Waals surface area contributed by atoms with Crippen molar-refractivity contribution in [2.75, 3.05) is 36.4 Å². The smallest absolute Gasteiger partial charge is 0.227 e. The van der Waals surface area contributed by atoms with E-state index < -0.39 is 0 Å². The molecule has 6 nitrogen and oxygen atoms in total. The van der Waals surface area contributed by atoms with Crippen LogP contribution in [-0.2, 0) is 4.79 Å². The summed E-state index contributed by atoms with van der Waals surface area (Å²) < 4.78 is 0. The van der Waals surface area contributed by atoms with Gasteiger partial charge in [0.15, 0.2) is 0 Å². The second-order valence-electron chi connectivity index (χ2n) is 5.43. The number of carbonyl (C=O) groups excluding carboxylic acids is 1. The lowest BCUT2D eigenvalue weighted by atomic mass is 10.3. The predicted octanol–water partition coefficient (Wildman–Crippen LogP) is 2.46. The van der Waals surface area contributed by atoms with E-state index in [0.717, 1.165) is 30.9 Å². The Labute approximate surface area is 140 Å². The lowest BCUT2D eigenvalue weighted by Crippen LogP contribution is -2.46. The summed E-state index contributed by atoms with van der Waals surface area (Å²) in [5, 5.41) is 3.88.